The molecular weight excluding hydrogens is 320 g/mol. The van der Waals surface area contributed by atoms with E-state index < -0.39 is 11.9 Å². The molecule has 3 aliphatic heterocycles. The number of amides is 1. The zero-order valence-corrected chi connectivity index (χ0v) is 15.6. The van der Waals surface area contributed by atoms with Gasteiger partial charge in [-0.15, -0.1) is 12.3 Å². The lowest BCUT2D eigenvalue weighted by Crippen LogP contribution is -2.52. The number of rotatable bonds is 5. The molecule has 3 atom stereocenters. The summed E-state index contributed by atoms with van der Waals surface area (Å²) in [5.74, 6) is 2.04. The largest absolute Gasteiger partial charge is 0.363 e. The molecule has 0 spiro atoms. The van der Waals surface area contributed by atoms with Crippen LogP contribution in [-0.2, 0) is 19.0 Å². The second-order valence-electron chi connectivity index (χ2n) is 7.77. The Bertz CT molecular complexity index is 522. The Kier molecular flexibility index (Phi) is 5.69. The van der Waals surface area contributed by atoms with Crippen LogP contribution >= 0.6 is 0 Å². The Balaban J connectivity index is 1.69. The minimum Gasteiger partial charge on any atom is -0.363 e. The van der Waals surface area contributed by atoms with Gasteiger partial charge in [-0.25, -0.2) is 0 Å². The van der Waals surface area contributed by atoms with E-state index in [-0.39, 0.29) is 24.2 Å². The monoisotopic (exact) mass is 350 g/mol. The smallest absolute Gasteiger partial charge is 0.254 e. The number of hydrogen-bond donors (Lipinski definition) is 0. The number of fused-ring (bicyclic) bond motifs is 1. The van der Waals surface area contributed by atoms with Gasteiger partial charge in [0.05, 0.1) is 6.61 Å². The predicted octanol–water partition coefficient (Wildman–Crippen LogP) is 1.24. The second kappa shape index (κ2) is 7.63. The van der Waals surface area contributed by atoms with E-state index in [1.165, 1.54) is 0 Å². The van der Waals surface area contributed by atoms with Crippen LogP contribution in [0.15, 0.2) is 0 Å². The van der Waals surface area contributed by atoms with Crippen LogP contribution in [0.3, 0.4) is 0 Å². The highest BCUT2D eigenvalue weighted by Gasteiger charge is 2.53. The van der Waals surface area contributed by atoms with Crippen LogP contribution in [0, 0.1) is 12.3 Å². The molecule has 6 nitrogen and oxygen atoms in total. The fourth-order valence-electron chi connectivity index (χ4n) is 4.05. The summed E-state index contributed by atoms with van der Waals surface area (Å²) in [5, 5.41) is 0. The average molecular weight is 350 g/mol. The molecule has 6 heteroatoms. The summed E-state index contributed by atoms with van der Waals surface area (Å²) >= 11 is 0. The quantitative estimate of drug-likeness (QED) is 0.552. The third-order valence-electron chi connectivity index (χ3n) is 5.34. The molecule has 3 saturated heterocycles. The van der Waals surface area contributed by atoms with Crippen molar-refractivity contribution in [1.82, 2.24) is 9.80 Å². The van der Waals surface area contributed by atoms with Gasteiger partial charge in [0.25, 0.3) is 5.91 Å². The van der Waals surface area contributed by atoms with Crippen molar-refractivity contribution in [3.8, 4) is 12.3 Å². The van der Waals surface area contributed by atoms with Gasteiger partial charge < -0.3 is 24.0 Å². The van der Waals surface area contributed by atoms with Gasteiger partial charge in [0.2, 0.25) is 0 Å². The number of nitrogens with zero attached hydrogens (tertiary/aromatic N) is 2. The highest BCUT2D eigenvalue weighted by atomic mass is 16.8. The maximum atomic E-state index is 13.3. The van der Waals surface area contributed by atoms with Crippen LogP contribution in [0.4, 0.5) is 0 Å². The molecule has 0 bridgehead atoms. The van der Waals surface area contributed by atoms with Gasteiger partial charge in [-0.1, -0.05) is 0 Å². The minimum atomic E-state index is -0.653. The minimum absolute atomic E-state index is 0.0281. The summed E-state index contributed by atoms with van der Waals surface area (Å²) in [6, 6.07) is 0.249. The van der Waals surface area contributed by atoms with Gasteiger partial charge in [-0.05, 0) is 53.2 Å². The van der Waals surface area contributed by atoms with Gasteiger partial charge in [-0.3, -0.25) is 4.79 Å². The first-order valence-electron chi connectivity index (χ1n) is 9.31. The van der Waals surface area contributed by atoms with E-state index in [0.29, 0.717) is 19.6 Å². The third kappa shape index (κ3) is 4.17. The first-order chi connectivity index (χ1) is 11.9. The number of carbonyl (C=O) groups excluding carboxylic acids is 1. The molecule has 3 heterocycles. The van der Waals surface area contributed by atoms with Crippen LogP contribution in [0.2, 0.25) is 0 Å². The predicted molar refractivity (Wildman–Crippen MR) is 93.9 cm³/mol. The lowest BCUT2D eigenvalue weighted by Gasteiger charge is -2.38. The summed E-state index contributed by atoms with van der Waals surface area (Å²) < 4.78 is 17.6. The van der Waals surface area contributed by atoms with Crippen molar-refractivity contribution in [2.45, 2.75) is 69.7 Å². The normalized spacial score (nSPS) is 32.3. The molecule has 1 amide bonds. The molecule has 25 heavy (non-hydrogen) atoms. The number of terminal acetylenes is 1. The van der Waals surface area contributed by atoms with E-state index in [1.807, 2.05) is 18.7 Å². The van der Waals surface area contributed by atoms with Gasteiger partial charge in [-0.2, -0.15) is 0 Å². The van der Waals surface area contributed by atoms with Crippen molar-refractivity contribution < 1.29 is 19.0 Å². The molecule has 0 aromatic heterocycles. The Morgan fingerprint density at radius 1 is 1.32 bits per heavy atom. The van der Waals surface area contributed by atoms with E-state index in [0.717, 1.165) is 32.4 Å². The van der Waals surface area contributed by atoms with Crippen LogP contribution in [0.1, 0.15) is 39.5 Å². The van der Waals surface area contributed by atoms with Crippen molar-refractivity contribution in [3.05, 3.63) is 0 Å². The van der Waals surface area contributed by atoms with E-state index in [1.54, 1.807) is 0 Å². The standard InChI is InChI=1S/C19H30N2O4/c1-5-6-7-10-21(14-8-11-20(4)12-9-14)18(22)17-16-15(13-23-17)24-19(2,3)25-16/h1,14-17H,6-13H2,2-4H3. The third-order valence-corrected chi connectivity index (χ3v) is 5.34. The summed E-state index contributed by atoms with van der Waals surface area (Å²) in [6.07, 6.45) is 7.82. The fraction of sp³-hybridized carbons (Fsp3) is 0.842. The summed E-state index contributed by atoms with van der Waals surface area (Å²) in [4.78, 5) is 17.6. The van der Waals surface area contributed by atoms with E-state index >= 15 is 0 Å². The molecule has 140 valence electrons. The first kappa shape index (κ1) is 18.7. The topological polar surface area (TPSA) is 51.2 Å². The van der Waals surface area contributed by atoms with Crippen LogP contribution in [-0.4, -0.2) is 79.1 Å². The molecule has 3 fully saturated rings. The fourth-order valence-corrected chi connectivity index (χ4v) is 4.05. The Morgan fingerprint density at radius 3 is 2.72 bits per heavy atom. The Labute approximate surface area is 150 Å². The lowest BCUT2D eigenvalue weighted by atomic mass is 10.0. The van der Waals surface area contributed by atoms with Crippen molar-refractivity contribution in [2.24, 2.45) is 0 Å². The number of piperidine rings is 1. The van der Waals surface area contributed by atoms with Gasteiger partial charge in [0, 0.05) is 19.0 Å². The van der Waals surface area contributed by atoms with Crippen LogP contribution < -0.4 is 0 Å². The van der Waals surface area contributed by atoms with E-state index in [4.69, 9.17) is 20.6 Å². The molecule has 0 saturated carbocycles. The molecular formula is C19H30N2O4. The van der Waals surface area contributed by atoms with Crippen molar-refractivity contribution in [2.75, 3.05) is 33.3 Å². The SMILES string of the molecule is C#CCCCN(C(=O)C1OCC2OC(C)(C)OC21)C1CCN(C)CC1. The average Bonchev–Trinajstić information content (AvgIpc) is 3.07. The molecule has 3 rings (SSSR count). The highest BCUT2D eigenvalue weighted by molar-refractivity contribution is 5.82. The van der Waals surface area contributed by atoms with Gasteiger partial charge in [0.1, 0.15) is 12.2 Å². The van der Waals surface area contributed by atoms with Gasteiger partial charge in [0.15, 0.2) is 11.9 Å². The molecule has 0 aromatic rings. The van der Waals surface area contributed by atoms with E-state index in [2.05, 4.69) is 17.9 Å². The van der Waals surface area contributed by atoms with Crippen LogP contribution in [0.5, 0.6) is 0 Å². The molecule has 0 aliphatic carbocycles. The molecule has 3 unspecified atom stereocenters. The number of hydrogen-bond acceptors (Lipinski definition) is 5. The van der Waals surface area contributed by atoms with Crippen molar-refractivity contribution in [1.29, 1.82) is 0 Å². The first-order valence-corrected chi connectivity index (χ1v) is 9.31. The van der Waals surface area contributed by atoms with Crippen molar-refractivity contribution >= 4 is 5.91 Å². The molecule has 0 N–H and O–H groups in total. The number of likely N-dealkylation sites (tertiary alicyclic amines) is 1. The van der Waals surface area contributed by atoms with E-state index in [9.17, 15) is 4.79 Å². The lowest BCUT2D eigenvalue weighted by molar-refractivity contribution is -0.182. The van der Waals surface area contributed by atoms with Crippen LogP contribution in [0.25, 0.3) is 0 Å². The van der Waals surface area contributed by atoms with Gasteiger partial charge >= 0.3 is 0 Å². The second-order valence-corrected chi connectivity index (χ2v) is 7.77. The summed E-state index contributed by atoms with van der Waals surface area (Å²) in [5.41, 5.74) is 0. The van der Waals surface area contributed by atoms with Crippen molar-refractivity contribution in [3.63, 3.8) is 0 Å². The Hall–Kier alpha value is -1.13. The maximum absolute atomic E-state index is 13.3. The Morgan fingerprint density at radius 2 is 2.04 bits per heavy atom. The molecule has 3 aliphatic rings. The molecule has 0 radical (unpaired) electrons. The zero-order valence-electron chi connectivity index (χ0n) is 15.6. The number of unbranched alkanes of at least 4 members (excludes halogenated alkanes) is 1. The number of carbonyl (C=O) groups is 1. The summed E-state index contributed by atoms with van der Waals surface area (Å²) in [6.45, 7) is 6.87. The molecule has 0 aromatic carbocycles. The maximum Gasteiger partial charge on any atom is 0.254 e. The zero-order chi connectivity index (χ0) is 18.0. The summed E-state index contributed by atoms with van der Waals surface area (Å²) in [7, 11) is 2.12. The highest BCUT2D eigenvalue weighted by Crippen LogP contribution is 2.36. The number of ether oxygens (including phenoxy) is 3.